The van der Waals surface area contributed by atoms with Crippen LogP contribution in [0.1, 0.15) is 25.8 Å². The average molecular weight is 328 g/mol. The van der Waals surface area contributed by atoms with Gasteiger partial charge in [-0.05, 0) is 24.6 Å². The Labute approximate surface area is 121 Å². The van der Waals surface area contributed by atoms with Crippen molar-refractivity contribution < 1.29 is 14.7 Å². The number of carbonyl (C=O) groups excluding carboxylic acids is 1. The molecule has 0 unspecified atom stereocenters. The highest BCUT2D eigenvalue weighted by atomic mass is 79.9. The maximum Gasteiger partial charge on any atom is 0.304 e. The van der Waals surface area contributed by atoms with Crippen molar-refractivity contribution >= 4 is 33.5 Å². The van der Waals surface area contributed by atoms with Gasteiger partial charge in [0.2, 0.25) is 5.91 Å². The van der Waals surface area contributed by atoms with E-state index in [9.17, 15) is 9.59 Å². The monoisotopic (exact) mass is 327 g/mol. The number of benzene rings is 1. The van der Waals surface area contributed by atoms with Crippen molar-refractivity contribution in [3.05, 3.63) is 28.2 Å². The molecule has 1 N–H and O–H groups in total. The molecule has 0 bridgehead atoms. The highest BCUT2D eigenvalue weighted by Crippen LogP contribution is 2.29. The lowest BCUT2D eigenvalue weighted by molar-refractivity contribution is -0.143. The van der Waals surface area contributed by atoms with Gasteiger partial charge in [0.15, 0.2) is 0 Å². The summed E-state index contributed by atoms with van der Waals surface area (Å²) in [6.45, 7) is 5.20. The van der Waals surface area contributed by atoms with E-state index < -0.39 is 11.4 Å². The zero-order valence-corrected chi connectivity index (χ0v) is 13.1. The molecule has 19 heavy (non-hydrogen) atoms. The maximum absolute atomic E-state index is 12.4. The smallest absolute Gasteiger partial charge is 0.304 e. The van der Waals surface area contributed by atoms with Gasteiger partial charge in [-0.25, -0.2) is 0 Å². The molecule has 1 rings (SSSR count). The van der Waals surface area contributed by atoms with Crippen molar-refractivity contribution in [3.8, 4) is 0 Å². The van der Waals surface area contributed by atoms with Crippen molar-refractivity contribution in [1.82, 2.24) is 0 Å². The van der Waals surface area contributed by atoms with E-state index in [0.717, 1.165) is 15.7 Å². The molecule has 0 heterocycles. The largest absolute Gasteiger partial charge is 0.481 e. The first-order chi connectivity index (χ1) is 8.65. The zero-order chi connectivity index (χ0) is 14.8. The summed E-state index contributed by atoms with van der Waals surface area (Å²) in [7, 11) is 1.67. The summed E-state index contributed by atoms with van der Waals surface area (Å²) in [5, 5.41) is 8.87. The average Bonchev–Trinajstić information content (AvgIpc) is 2.28. The molecule has 0 aromatic heterocycles. The lowest BCUT2D eigenvalue weighted by Gasteiger charge is -2.29. The molecule has 0 spiro atoms. The van der Waals surface area contributed by atoms with Crippen molar-refractivity contribution in [3.63, 3.8) is 0 Å². The molecule has 0 aliphatic rings. The second-order valence-electron chi connectivity index (χ2n) is 5.25. The topological polar surface area (TPSA) is 57.6 Å². The second-order valence-corrected chi connectivity index (χ2v) is 6.17. The molecule has 1 aromatic rings. The highest BCUT2D eigenvalue weighted by Gasteiger charge is 2.33. The molecular formula is C14H18BrNO3. The minimum absolute atomic E-state index is 0.191. The van der Waals surface area contributed by atoms with Crippen LogP contribution in [0.5, 0.6) is 0 Å². The first-order valence-corrected chi connectivity index (χ1v) is 6.70. The van der Waals surface area contributed by atoms with Gasteiger partial charge in [0.25, 0.3) is 0 Å². The third kappa shape index (κ3) is 3.80. The van der Waals surface area contributed by atoms with Gasteiger partial charge in [0.05, 0.1) is 11.8 Å². The van der Waals surface area contributed by atoms with Gasteiger partial charge in [-0.2, -0.15) is 0 Å². The van der Waals surface area contributed by atoms with Crippen LogP contribution < -0.4 is 4.90 Å². The number of aryl methyl sites for hydroxylation is 1. The fourth-order valence-corrected chi connectivity index (χ4v) is 2.31. The number of carboxylic acids is 1. The summed E-state index contributed by atoms with van der Waals surface area (Å²) in [4.78, 5) is 24.7. The maximum atomic E-state index is 12.4. The Balaban J connectivity index is 3.05. The third-order valence-electron chi connectivity index (χ3n) is 3.01. The summed E-state index contributed by atoms with van der Waals surface area (Å²) in [6, 6.07) is 5.66. The van der Waals surface area contributed by atoms with E-state index in [1.165, 1.54) is 4.90 Å². The van der Waals surface area contributed by atoms with Crippen LogP contribution in [0.2, 0.25) is 0 Å². The molecule has 0 radical (unpaired) electrons. The predicted molar refractivity (Wildman–Crippen MR) is 78.3 cm³/mol. The van der Waals surface area contributed by atoms with Gasteiger partial charge < -0.3 is 10.0 Å². The molecule has 1 aromatic carbocycles. The molecule has 5 heteroatoms. The summed E-state index contributed by atoms with van der Waals surface area (Å²) in [5.41, 5.74) is 0.804. The SMILES string of the molecule is Cc1ccc(Br)cc1N(C)C(=O)C(C)(C)CC(=O)O. The van der Waals surface area contributed by atoms with Crippen molar-refractivity contribution in [1.29, 1.82) is 0 Å². The van der Waals surface area contributed by atoms with Gasteiger partial charge >= 0.3 is 5.97 Å². The normalized spacial score (nSPS) is 11.2. The van der Waals surface area contributed by atoms with Gasteiger partial charge in [0.1, 0.15) is 0 Å². The lowest BCUT2D eigenvalue weighted by atomic mass is 9.87. The Kier molecular flexibility index (Phi) is 4.74. The molecule has 0 saturated heterocycles. The van der Waals surface area contributed by atoms with E-state index in [0.29, 0.717) is 0 Å². The summed E-state index contributed by atoms with van der Waals surface area (Å²) in [5.74, 6) is -1.19. The van der Waals surface area contributed by atoms with Crippen molar-refractivity contribution in [2.75, 3.05) is 11.9 Å². The molecule has 1 amide bonds. The fraction of sp³-hybridized carbons (Fsp3) is 0.429. The van der Waals surface area contributed by atoms with Crippen LogP contribution in [0, 0.1) is 12.3 Å². The molecule has 0 saturated carbocycles. The van der Waals surface area contributed by atoms with Crippen LogP contribution in [-0.4, -0.2) is 24.0 Å². The number of halogens is 1. The van der Waals surface area contributed by atoms with Crippen molar-refractivity contribution in [2.45, 2.75) is 27.2 Å². The molecule has 104 valence electrons. The van der Waals surface area contributed by atoms with Crippen LogP contribution in [0.3, 0.4) is 0 Å². The molecular weight excluding hydrogens is 310 g/mol. The lowest BCUT2D eigenvalue weighted by Crippen LogP contribution is -2.40. The standard InChI is InChI=1S/C14H18BrNO3/c1-9-5-6-10(15)7-11(9)16(4)13(19)14(2,3)8-12(17)18/h5-7H,8H2,1-4H3,(H,17,18). The number of carboxylic acid groups (broad SMARTS) is 1. The Bertz CT molecular complexity index is 511. The zero-order valence-electron chi connectivity index (χ0n) is 11.5. The second kappa shape index (κ2) is 5.74. The van der Waals surface area contributed by atoms with E-state index in [2.05, 4.69) is 15.9 Å². The van der Waals surface area contributed by atoms with Gasteiger partial charge in [-0.15, -0.1) is 0 Å². The van der Waals surface area contributed by atoms with Crippen LogP contribution >= 0.6 is 15.9 Å². The van der Waals surface area contributed by atoms with E-state index >= 15 is 0 Å². The third-order valence-corrected chi connectivity index (χ3v) is 3.50. The van der Waals surface area contributed by atoms with Crippen LogP contribution in [0.15, 0.2) is 22.7 Å². The van der Waals surface area contributed by atoms with E-state index in [4.69, 9.17) is 5.11 Å². The van der Waals surface area contributed by atoms with Crippen LogP contribution in [0.4, 0.5) is 5.69 Å². The molecule has 0 aliphatic heterocycles. The minimum atomic E-state index is -0.974. The molecule has 0 aliphatic carbocycles. The number of hydrogen-bond acceptors (Lipinski definition) is 2. The first kappa shape index (κ1) is 15.7. The Hall–Kier alpha value is -1.36. The van der Waals surface area contributed by atoms with E-state index in [1.807, 2.05) is 25.1 Å². The number of amides is 1. The van der Waals surface area contributed by atoms with E-state index in [-0.39, 0.29) is 12.3 Å². The number of rotatable bonds is 4. The Morgan fingerprint density at radius 2 is 1.95 bits per heavy atom. The Morgan fingerprint density at radius 1 is 1.37 bits per heavy atom. The number of aliphatic carboxylic acids is 1. The van der Waals surface area contributed by atoms with E-state index in [1.54, 1.807) is 20.9 Å². The number of anilines is 1. The molecule has 4 nitrogen and oxygen atoms in total. The van der Waals surface area contributed by atoms with Gasteiger partial charge in [-0.3, -0.25) is 9.59 Å². The number of carbonyl (C=O) groups is 2. The molecule has 0 atom stereocenters. The van der Waals surface area contributed by atoms with Crippen LogP contribution in [0.25, 0.3) is 0 Å². The number of nitrogens with zero attached hydrogens (tertiary/aromatic N) is 1. The predicted octanol–water partition coefficient (Wildman–Crippen LogP) is 3.22. The Morgan fingerprint density at radius 3 is 2.47 bits per heavy atom. The highest BCUT2D eigenvalue weighted by molar-refractivity contribution is 9.10. The first-order valence-electron chi connectivity index (χ1n) is 5.91. The summed E-state index contributed by atoms with van der Waals surface area (Å²) >= 11 is 3.37. The fourth-order valence-electron chi connectivity index (χ4n) is 1.96. The summed E-state index contributed by atoms with van der Waals surface area (Å²) in [6.07, 6.45) is -0.191. The minimum Gasteiger partial charge on any atom is -0.481 e. The van der Waals surface area contributed by atoms with Crippen molar-refractivity contribution in [2.24, 2.45) is 5.41 Å². The quantitative estimate of drug-likeness (QED) is 0.923. The van der Waals surface area contributed by atoms with Gasteiger partial charge in [0, 0.05) is 17.2 Å². The van der Waals surface area contributed by atoms with Gasteiger partial charge in [-0.1, -0.05) is 35.8 Å². The molecule has 0 fully saturated rings. The summed E-state index contributed by atoms with van der Waals surface area (Å²) < 4.78 is 0.879. The van der Waals surface area contributed by atoms with Crippen LogP contribution in [-0.2, 0) is 9.59 Å². The number of hydrogen-bond donors (Lipinski definition) is 1.